The minimum atomic E-state index is -4.82. The van der Waals surface area contributed by atoms with Crippen molar-refractivity contribution in [1.29, 1.82) is 0 Å². The van der Waals surface area contributed by atoms with Crippen LogP contribution in [0.5, 0.6) is 11.5 Å². The predicted octanol–water partition coefficient (Wildman–Crippen LogP) is 3.32. The van der Waals surface area contributed by atoms with Gasteiger partial charge in [0, 0.05) is 32.7 Å². The number of methoxy groups -OCH3 is 2. The number of carbonyl (C=O) groups is 1. The topological polar surface area (TPSA) is 57.2 Å². The summed E-state index contributed by atoms with van der Waals surface area (Å²) in [6.07, 6.45) is -2.92. The normalized spacial score (nSPS) is 22.6. The largest absolute Gasteiger partial charge is 0.573 e. The first-order valence-electron chi connectivity index (χ1n) is 8.35. The molecule has 2 aliphatic rings. The van der Waals surface area contributed by atoms with Gasteiger partial charge in [-0.3, -0.25) is 4.79 Å². The molecule has 6 nitrogen and oxygen atoms in total. The summed E-state index contributed by atoms with van der Waals surface area (Å²) in [5.74, 6) is -0.186. The van der Waals surface area contributed by atoms with E-state index in [9.17, 15) is 18.0 Å². The van der Waals surface area contributed by atoms with Crippen molar-refractivity contribution in [2.24, 2.45) is 0 Å². The van der Waals surface area contributed by atoms with Gasteiger partial charge in [0.1, 0.15) is 11.5 Å². The summed E-state index contributed by atoms with van der Waals surface area (Å²) in [4.78, 5) is 13.8. The number of carbonyl (C=O) groups excluding carboxylic acids is 1. The molecule has 1 fully saturated rings. The monoisotopic (exact) mass is 387 g/mol. The lowest BCUT2D eigenvalue weighted by atomic mass is 9.95. The van der Waals surface area contributed by atoms with Gasteiger partial charge in [-0.15, -0.1) is 13.2 Å². The molecule has 0 aliphatic carbocycles. The fourth-order valence-electron chi connectivity index (χ4n) is 3.42. The van der Waals surface area contributed by atoms with Crippen LogP contribution in [0.4, 0.5) is 13.2 Å². The zero-order chi connectivity index (χ0) is 19.8. The first-order valence-corrected chi connectivity index (χ1v) is 8.35. The maximum Gasteiger partial charge on any atom is 0.573 e. The van der Waals surface area contributed by atoms with E-state index in [1.807, 2.05) is 0 Å². The summed E-state index contributed by atoms with van der Waals surface area (Å²) in [5.41, 5.74) is -0.287. The Kier molecular flexibility index (Phi) is 5.09. The van der Waals surface area contributed by atoms with E-state index in [0.717, 1.165) is 6.07 Å². The number of nitrogens with zero attached hydrogens (tertiary/aromatic N) is 1. The second-order valence-corrected chi connectivity index (χ2v) is 6.47. The van der Waals surface area contributed by atoms with Crippen molar-refractivity contribution in [3.05, 3.63) is 29.8 Å². The predicted molar refractivity (Wildman–Crippen MR) is 88.9 cm³/mol. The Bertz CT molecular complexity index is 760. The Morgan fingerprint density at radius 2 is 1.96 bits per heavy atom. The van der Waals surface area contributed by atoms with Crippen molar-refractivity contribution in [1.82, 2.24) is 4.90 Å². The minimum absolute atomic E-state index is 0.107. The highest BCUT2D eigenvalue weighted by molar-refractivity contribution is 5.90. The molecule has 1 saturated heterocycles. The number of fused-ring (bicyclic) bond motifs is 1. The van der Waals surface area contributed by atoms with Gasteiger partial charge in [-0.05, 0) is 37.6 Å². The number of rotatable bonds is 5. The lowest BCUT2D eigenvalue weighted by molar-refractivity contribution is -0.274. The van der Waals surface area contributed by atoms with Gasteiger partial charge in [0.05, 0.1) is 5.70 Å². The summed E-state index contributed by atoms with van der Waals surface area (Å²) < 4.78 is 58.4. The molecule has 1 aromatic carbocycles. The molecule has 2 aliphatic heterocycles. The summed E-state index contributed by atoms with van der Waals surface area (Å²) in [7, 11) is 2.90. The third-order valence-electron chi connectivity index (χ3n) is 4.47. The van der Waals surface area contributed by atoms with Crippen LogP contribution in [0.15, 0.2) is 24.3 Å². The fourth-order valence-corrected chi connectivity index (χ4v) is 3.42. The summed E-state index contributed by atoms with van der Waals surface area (Å²) in [6, 6.07) is 3.76. The van der Waals surface area contributed by atoms with E-state index in [-0.39, 0.29) is 11.7 Å². The minimum Gasteiger partial charge on any atom is -0.477 e. The van der Waals surface area contributed by atoms with Crippen LogP contribution in [0.1, 0.15) is 25.3 Å². The molecule has 148 valence electrons. The van der Waals surface area contributed by atoms with Gasteiger partial charge < -0.3 is 23.8 Å². The Morgan fingerprint density at radius 1 is 1.26 bits per heavy atom. The van der Waals surface area contributed by atoms with Gasteiger partial charge in [-0.1, -0.05) is 0 Å². The van der Waals surface area contributed by atoms with Crippen molar-refractivity contribution in [2.75, 3.05) is 20.8 Å². The van der Waals surface area contributed by atoms with Gasteiger partial charge in [-0.25, -0.2) is 0 Å². The van der Waals surface area contributed by atoms with Crippen molar-refractivity contribution in [3.63, 3.8) is 0 Å². The van der Waals surface area contributed by atoms with Crippen molar-refractivity contribution in [3.8, 4) is 11.5 Å². The molecular weight excluding hydrogens is 367 g/mol. The smallest absolute Gasteiger partial charge is 0.477 e. The number of halogens is 3. The first-order chi connectivity index (χ1) is 12.7. The van der Waals surface area contributed by atoms with Gasteiger partial charge in [-0.2, -0.15) is 0 Å². The third-order valence-corrected chi connectivity index (χ3v) is 4.47. The second-order valence-electron chi connectivity index (χ2n) is 6.47. The molecule has 0 N–H and O–H groups in total. The van der Waals surface area contributed by atoms with Gasteiger partial charge in [0.2, 0.25) is 12.2 Å². The fraction of sp³-hybridized carbons (Fsp3) is 0.500. The van der Waals surface area contributed by atoms with Crippen LogP contribution in [-0.2, 0) is 14.3 Å². The molecule has 0 spiro atoms. The highest BCUT2D eigenvalue weighted by Crippen LogP contribution is 2.43. The van der Waals surface area contributed by atoms with E-state index in [4.69, 9.17) is 14.2 Å². The lowest BCUT2D eigenvalue weighted by Crippen LogP contribution is -2.48. The maximum absolute atomic E-state index is 12.6. The molecule has 0 radical (unpaired) electrons. The van der Waals surface area contributed by atoms with E-state index in [1.54, 1.807) is 17.9 Å². The Balaban J connectivity index is 2.08. The maximum atomic E-state index is 12.6. The van der Waals surface area contributed by atoms with Crippen LogP contribution in [0.25, 0.3) is 5.70 Å². The van der Waals surface area contributed by atoms with Crippen LogP contribution >= 0.6 is 0 Å². The average molecular weight is 387 g/mol. The van der Waals surface area contributed by atoms with Crippen molar-refractivity contribution >= 4 is 11.6 Å². The van der Waals surface area contributed by atoms with Gasteiger partial charge in [0.15, 0.2) is 5.60 Å². The Morgan fingerprint density at radius 3 is 2.52 bits per heavy atom. The average Bonchev–Trinajstić information content (AvgIpc) is 3.00. The van der Waals surface area contributed by atoms with E-state index in [2.05, 4.69) is 4.74 Å². The van der Waals surface area contributed by atoms with Crippen LogP contribution in [-0.4, -0.2) is 49.8 Å². The second kappa shape index (κ2) is 7.05. The van der Waals surface area contributed by atoms with Gasteiger partial charge in [0.25, 0.3) is 0 Å². The number of amides is 1. The summed E-state index contributed by atoms with van der Waals surface area (Å²) in [5, 5.41) is 0. The summed E-state index contributed by atoms with van der Waals surface area (Å²) >= 11 is 0. The zero-order valence-corrected chi connectivity index (χ0v) is 15.1. The lowest BCUT2D eigenvalue weighted by Gasteiger charge is -2.39. The molecule has 1 atom stereocenters. The molecule has 0 bridgehead atoms. The van der Waals surface area contributed by atoms with Crippen LogP contribution < -0.4 is 9.47 Å². The molecule has 1 aromatic rings. The molecule has 0 saturated carbocycles. The summed E-state index contributed by atoms with van der Waals surface area (Å²) in [6.45, 7) is 2.18. The molecule has 2 heterocycles. The molecule has 9 heteroatoms. The van der Waals surface area contributed by atoms with Crippen molar-refractivity contribution in [2.45, 2.75) is 38.0 Å². The number of ether oxygens (including phenoxy) is 4. The number of hydrogen-bond acceptors (Lipinski definition) is 5. The molecule has 0 aromatic heterocycles. The molecule has 1 unspecified atom stereocenters. The number of likely N-dealkylation sites (tertiary alicyclic amines) is 1. The van der Waals surface area contributed by atoms with Crippen LogP contribution in [0, 0.1) is 0 Å². The molecule has 1 amide bonds. The van der Waals surface area contributed by atoms with E-state index in [1.165, 1.54) is 26.4 Å². The Labute approximate surface area is 154 Å². The quantitative estimate of drug-likeness (QED) is 0.726. The van der Waals surface area contributed by atoms with Crippen LogP contribution in [0.2, 0.25) is 0 Å². The molecule has 3 rings (SSSR count). The highest BCUT2D eigenvalue weighted by atomic mass is 19.4. The molecule has 27 heavy (non-hydrogen) atoms. The van der Waals surface area contributed by atoms with Crippen LogP contribution in [0.3, 0.4) is 0 Å². The molecular formula is C18H20F3NO5. The van der Waals surface area contributed by atoms with E-state index < -0.39 is 18.3 Å². The van der Waals surface area contributed by atoms with Crippen molar-refractivity contribution < 1.29 is 36.9 Å². The third kappa shape index (κ3) is 3.89. The van der Waals surface area contributed by atoms with Gasteiger partial charge >= 0.3 is 6.36 Å². The SMILES string of the molecule is COC(OC)C1(C)C=C(N2CCCC2=O)c2cc(OC(F)(F)F)ccc2O1. The van der Waals surface area contributed by atoms with E-state index in [0.29, 0.717) is 36.4 Å². The number of benzene rings is 1. The standard InChI is InChI=1S/C18H20F3NO5/c1-17(16(24-2)25-3)10-13(22-8-4-5-15(22)23)12-9-11(26-18(19,20)21)6-7-14(12)27-17/h6-7,9-10,16H,4-5,8H2,1-3H3. The van der Waals surface area contributed by atoms with E-state index >= 15 is 0 Å². The first kappa shape index (κ1) is 19.5. The number of hydrogen-bond donors (Lipinski definition) is 0. The Hall–Kier alpha value is -2.26. The number of alkyl halides is 3. The highest BCUT2D eigenvalue weighted by Gasteiger charge is 2.42. The zero-order valence-electron chi connectivity index (χ0n) is 15.1.